The van der Waals surface area contributed by atoms with Gasteiger partial charge in [0, 0.05) is 18.3 Å². The molecule has 0 aromatic heterocycles. The molecule has 0 bridgehead atoms. The van der Waals surface area contributed by atoms with E-state index < -0.39 is 0 Å². The third kappa shape index (κ3) is 2.66. The summed E-state index contributed by atoms with van der Waals surface area (Å²) in [7, 11) is 0. The van der Waals surface area contributed by atoms with Crippen molar-refractivity contribution in [2.75, 3.05) is 11.4 Å². The molecule has 3 nitrogen and oxygen atoms in total. The molecule has 2 amide bonds. The van der Waals surface area contributed by atoms with Gasteiger partial charge < -0.3 is 5.32 Å². The van der Waals surface area contributed by atoms with E-state index in [2.05, 4.69) is 39.1 Å². The largest absolute Gasteiger partial charge is 0.337 e. The van der Waals surface area contributed by atoms with Gasteiger partial charge in [0.1, 0.15) is 0 Å². The van der Waals surface area contributed by atoms with Gasteiger partial charge in [-0.1, -0.05) is 39.0 Å². The fourth-order valence-electron chi connectivity index (χ4n) is 2.30. The van der Waals surface area contributed by atoms with Crippen LogP contribution in [0.4, 0.5) is 10.5 Å². The Balaban J connectivity index is 2.11. The molecule has 1 atom stereocenters. The quantitative estimate of drug-likeness (QED) is 0.811. The minimum Gasteiger partial charge on any atom is -0.337 e. The van der Waals surface area contributed by atoms with E-state index in [4.69, 9.17) is 0 Å². The molecule has 1 aliphatic rings. The van der Waals surface area contributed by atoms with Crippen LogP contribution >= 0.6 is 0 Å². The number of urea groups is 1. The molecule has 0 aliphatic carbocycles. The van der Waals surface area contributed by atoms with E-state index in [1.54, 1.807) is 0 Å². The maximum absolute atomic E-state index is 12.3. The molecular weight excluding hydrogens is 224 g/mol. The number of benzene rings is 1. The van der Waals surface area contributed by atoms with E-state index in [1.165, 1.54) is 5.56 Å². The fourth-order valence-corrected chi connectivity index (χ4v) is 2.30. The lowest BCUT2D eigenvalue weighted by Crippen LogP contribution is -2.45. The number of fused-ring (bicyclic) bond motifs is 1. The van der Waals surface area contributed by atoms with Crippen LogP contribution in [0.2, 0.25) is 0 Å². The predicted molar refractivity (Wildman–Crippen MR) is 74.9 cm³/mol. The number of anilines is 1. The average Bonchev–Trinajstić information content (AvgIpc) is 2.61. The number of hydrogen-bond donors (Lipinski definition) is 1. The van der Waals surface area contributed by atoms with Crippen molar-refractivity contribution >= 4 is 11.7 Å². The summed E-state index contributed by atoms with van der Waals surface area (Å²) in [6, 6.07) is 8.39. The van der Waals surface area contributed by atoms with E-state index in [0.29, 0.717) is 6.54 Å². The van der Waals surface area contributed by atoms with Crippen LogP contribution in [0.25, 0.3) is 0 Å². The van der Waals surface area contributed by atoms with Crippen LogP contribution in [0.15, 0.2) is 24.3 Å². The topological polar surface area (TPSA) is 32.3 Å². The molecule has 0 fully saturated rings. The van der Waals surface area contributed by atoms with Crippen molar-refractivity contribution in [1.82, 2.24) is 5.32 Å². The van der Waals surface area contributed by atoms with Crippen molar-refractivity contribution in [3.8, 4) is 0 Å². The zero-order valence-corrected chi connectivity index (χ0v) is 11.7. The van der Waals surface area contributed by atoms with Gasteiger partial charge in [-0.05, 0) is 30.4 Å². The maximum Gasteiger partial charge on any atom is 0.322 e. The summed E-state index contributed by atoms with van der Waals surface area (Å²) in [6.45, 7) is 9.14. The van der Waals surface area contributed by atoms with Crippen LogP contribution in [0.5, 0.6) is 0 Å². The first-order valence-electron chi connectivity index (χ1n) is 6.53. The second-order valence-corrected chi connectivity index (χ2v) is 6.27. The Hall–Kier alpha value is -1.51. The van der Waals surface area contributed by atoms with Gasteiger partial charge in [0.05, 0.1) is 0 Å². The number of carbonyl (C=O) groups is 1. The smallest absolute Gasteiger partial charge is 0.322 e. The fraction of sp³-hybridized carbons (Fsp3) is 0.533. The average molecular weight is 246 g/mol. The highest BCUT2D eigenvalue weighted by atomic mass is 16.2. The van der Waals surface area contributed by atoms with E-state index in [-0.39, 0.29) is 17.5 Å². The highest BCUT2D eigenvalue weighted by Gasteiger charge is 2.30. The number of amides is 2. The normalized spacial score (nSPS) is 18.7. The number of para-hydroxylation sites is 1. The van der Waals surface area contributed by atoms with E-state index >= 15 is 0 Å². The predicted octanol–water partition coefficient (Wildman–Crippen LogP) is 3.19. The minimum atomic E-state index is 0.0161. The first kappa shape index (κ1) is 12.9. The molecule has 18 heavy (non-hydrogen) atoms. The molecule has 1 unspecified atom stereocenters. The molecular formula is C15H22N2O. The van der Waals surface area contributed by atoms with Crippen molar-refractivity contribution in [2.24, 2.45) is 5.41 Å². The Morgan fingerprint density at radius 2 is 2.06 bits per heavy atom. The van der Waals surface area contributed by atoms with Gasteiger partial charge in [-0.3, -0.25) is 4.90 Å². The van der Waals surface area contributed by atoms with Gasteiger partial charge >= 0.3 is 6.03 Å². The first-order chi connectivity index (χ1) is 8.38. The lowest BCUT2D eigenvalue weighted by Gasteiger charge is -2.26. The van der Waals surface area contributed by atoms with E-state index in [0.717, 1.165) is 12.1 Å². The third-order valence-corrected chi connectivity index (χ3v) is 3.20. The minimum absolute atomic E-state index is 0.0161. The van der Waals surface area contributed by atoms with Crippen LogP contribution in [0.3, 0.4) is 0 Å². The number of rotatable bonds is 1. The molecule has 1 N–H and O–H groups in total. The van der Waals surface area contributed by atoms with Crippen molar-refractivity contribution in [2.45, 2.75) is 40.2 Å². The SMILES string of the molecule is CC1Cc2ccccc2N1C(=O)NCC(C)(C)C. The summed E-state index contributed by atoms with van der Waals surface area (Å²) in [4.78, 5) is 14.2. The Kier molecular flexibility index (Phi) is 3.33. The third-order valence-electron chi connectivity index (χ3n) is 3.20. The molecule has 0 spiro atoms. The summed E-state index contributed by atoms with van der Waals surface area (Å²) in [5.74, 6) is 0. The Labute approximate surface area is 109 Å². The first-order valence-corrected chi connectivity index (χ1v) is 6.53. The van der Waals surface area contributed by atoms with Crippen molar-refractivity contribution in [1.29, 1.82) is 0 Å². The second kappa shape index (κ2) is 4.63. The maximum atomic E-state index is 12.3. The van der Waals surface area contributed by atoms with Gasteiger partial charge in [-0.2, -0.15) is 0 Å². The van der Waals surface area contributed by atoms with Gasteiger partial charge in [-0.25, -0.2) is 4.79 Å². The second-order valence-electron chi connectivity index (χ2n) is 6.27. The zero-order valence-electron chi connectivity index (χ0n) is 11.7. The highest BCUT2D eigenvalue weighted by Crippen LogP contribution is 2.31. The lowest BCUT2D eigenvalue weighted by atomic mass is 9.97. The molecule has 2 rings (SSSR count). The summed E-state index contributed by atoms with van der Waals surface area (Å²) in [5.41, 5.74) is 2.42. The summed E-state index contributed by atoms with van der Waals surface area (Å²) in [6.07, 6.45) is 0.944. The monoisotopic (exact) mass is 246 g/mol. The molecule has 1 aliphatic heterocycles. The summed E-state index contributed by atoms with van der Waals surface area (Å²) >= 11 is 0. The Bertz CT molecular complexity index is 448. The zero-order chi connectivity index (χ0) is 13.3. The molecule has 0 saturated carbocycles. The van der Waals surface area contributed by atoms with Gasteiger partial charge in [0.2, 0.25) is 0 Å². The van der Waals surface area contributed by atoms with E-state index in [1.807, 2.05) is 23.1 Å². The van der Waals surface area contributed by atoms with Crippen LogP contribution < -0.4 is 10.2 Å². The van der Waals surface area contributed by atoms with Gasteiger partial charge in [-0.15, -0.1) is 0 Å². The van der Waals surface area contributed by atoms with Crippen LogP contribution in [0, 0.1) is 5.41 Å². The van der Waals surface area contributed by atoms with Crippen LogP contribution in [-0.2, 0) is 6.42 Å². The van der Waals surface area contributed by atoms with Gasteiger partial charge in [0.15, 0.2) is 0 Å². The molecule has 1 heterocycles. The standard InChI is InChI=1S/C15H22N2O/c1-11-9-12-7-5-6-8-13(12)17(11)14(18)16-10-15(2,3)4/h5-8,11H,9-10H2,1-4H3,(H,16,18). The number of carbonyl (C=O) groups excluding carboxylic acids is 1. The number of hydrogen-bond acceptors (Lipinski definition) is 1. The molecule has 0 radical (unpaired) electrons. The number of nitrogens with zero attached hydrogens (tertiary/aromatic N) is 1. The molecule has 3 heteroatoms. The highest BCUT2D eigenvalue weighted by molar-refractivity contribution is 5.94. The van der Waals surface area contributed by atoms with Gasteiger partial charge in [0.25, 0.3) is 0 Å². The summed E-state index contributed by atoms with van der Waals surface area (Å²) < 4.78 is 0. The van der Waals surface area contributed by atoms with Crippen LogP contribution in [-0.4, -0.2) is 18.6 Å². The summed E-state index contributed by atoms with van der Waals surface area (Å²) in [5, 5.41) is 3.02. The van der Waals surface area contributed by atoms with E-state index in [9.17, 15) is 4.79 Å². The van der Waals surface area contributed by atoms with Crippen molar-refractivity contribution < 1.29 is 4.79 Å². The lowest BCUT2D eigenvalue weighted by molar-refractivity contribution is 0.240. The molecule has 1 aromatic rings. The van der Waals surface area contributed by atoms with Crippen LogP contribution in [0.1, 0.15) is 33.3 Å². The molecule has 98 valence electrons. The van der Waals surface area contributed by atoms with Crippen molar-refractivity contribution in [3.05, 3.63) is 29.8 Å². The van der Waals surface area contributed by atoms with Crippen molar-refractivity contribution in [3.63, 3.8) is 0 Å². The molecule has 0 saturated heterocycles. The molecule has 1 aromatic carbocycles. The Morgan fingerprint density at radius 3 is 2.72 bits per heavy atom. The number of nitrogens with one attached hydrogen (secondary N) is 1. The Morgan fingerprint density at radius 1 is 1.39 bits per heavy atom.